The fourth-order valence-corrected chi connectivity index (χ4v) is 6.27. The van der Waals surface area contributed by atoms with Crippen LogP contribution in [-0.4, -0.2) is 4.98 Å². The summed E-state index contributed by atoms with van der Waals surface area (Å²) in [7, 11) is 0. The van der Waals surface area contributed by atoms with E-state index in [1.54, 1.807) is 0 Å². The van der Waals surface area contributed by atoms with E-state index in [0.29, 0.717) is 5.41 Å². The third kappa shape index (κ3) is 1.60. The number of nitrogens with two attached hydrogens (primary N) is 1. The minimum Gasteiger partial charge on any atom is -0.323 e. The molecular weight excluding hydrogens is 240 g/mol. The van der Waals surface area contributed by atoms with E-state index in [2.05, 4.69) is 5.38 Å². The van der Waals surface area contributed by atoms with Crippen LogP contribution in [0, 0.1) is 17.8 Å². The van der Waals surface area contributed by atoms with Crippen molar-refractivity contribution >= 4 is 11.3 Å². The second kappa shape index (κ2) is 3.80. The predicted molar refractivity (Wildman–Crippen MR) is 74.6 cm³/mol. The summed E-state index contributed by atoms with van der Waals surface area (Å²) in [4.78, 5) is 4.89. The van der Waals surface area contributed by atoms with Gasteiger partial charge < -0.3 is 5.73 Å². The van der Waals surface area contributed by atoms with Crippen molar-refractivity contribution < 1.29 is 0 Å². The summed E-state index contributed by atoms with van der Waals surface area (Å²) < 4.78 is 0. The van der Waals surface area contributed by atoms with Crippen molar-refractivity contribution in [2.75, 3.05) is 0 Å². The van der Waals surface area contributed by atoms with Gasteiger partial charge in [-0.1, -0.05) is 0 Å². The Hall–Kier alpha value is -0.410. The van der Waals surface area contributed by atoms with Gasteiger partial charge in [-0.05, 0) is 63.2 Å². The van der Waals surface area contributed by atoms with Gasteiger partial charge in [0.05, 0.1) is 10.7 Å². The summed E-state index contributed by atoms with van der Waals surface area (Å²) in [6.07, 6.45) is 8.74. The molecule has 0 aliphatic heterocycles. The van der Waals surface area contributed by atoms with E-state index >= 15 is 0 Å². The molecule has 0 amide bonds. The topological polar surface area (TPSA) is 38.9 Å². The maximum atomic E-state index is 5.96. The Bertz CT molecular complexity index is 428. The van der Waals surface area contributed by atoms with Crippen LogP contribution in [0.3, 0.4) is 0 Å². The van der Waals surface area contributed by atoms with E-state index < -0.39 is 0 Å². The van der Waals surface area contributed by atoms with Crippen molar-refractivity contribution in [3.05, 3.63) is 16.1 Å². The van der Waals surface area contributed by atoms with Gasteiger partial charge >= 0.3 is 0 Å². The molecule has 0 radical (unpaired) electrons. The molecule has 0 saturated heterocycles. The first kappa shape index (κ1) is 11.4. The molecule has 4 saturated carbocycles. The molecule has 2 nitrogen and oxygen atoms in total. The number of rotatable bonds is 2. The van der Waals surface area contributed by atoms with Gasteiger partial charge in [-0.25, -0.2) is 4.98 Å². The average Bonchev–Trinajstić information content (AvgIpc) is 2.76. The monoisotopic (exact) mass is 262 g/mol. The zero-order valence-electron chi connectivity index (χ0n) is 11.1. The van der Waals surface area contributed by atoms with Crippen molar-refractivity contribution in [2.24, 2.45) is 23.5 Å². The lowest BCUT2D eigenvalue weighted by atomic mass is 9.50. The highest BCUT2D eigenvalue weighted by atomic mass is 32.1. The van der Waals surface area contributed by atoms with Crippen LogP contribution in [0.4, 0.5) is 0 Å². The smallest absolute Gasteiger partial charge is 0.0991 e. The van der Waals surface area contributed by atoms with Crippen LogP contribution in [0.1, 0.15) is 62.2 Å². The Labute approximate surface area is 113 Å². The van der Waals surface area contributed by atoms with Crippen LogP contribution < -0.4 is 5.73 Å². The molecule has 4 fully saturated rings. The van der Waals surface area contributed by atoms with E-state index in [-0.39, 0.29) is 6.04 Å². The lowest BCUT2D eigenvalue weighted by Crippen LogP contribution is -2.48. The highest BCUT2D eigenvalue weighted by Crippen LogP contribution is 2.61. The molecule has 98 valence electrons. The summed E-state index contributed by atoms with van der Waals surface area (Å²) in [6, 6.07) is 0.0870. The average molecular weight is 262 g/mol. The molecule has 0 spiro atoms. The van der Waals surface area contributed by atoms with E-state index in [4.69, 9.17) is 10.7 Å². The van der Waals surface area contributed by atoms with Crippen LogP contribution in [-0.2, 0) is 5.41 Å². The first-order valence-electron chi connectivity index (χ1n) is 7.36. The zero-order chi connectivity index (χ0) is 12.3. The molecule has 1 aromatic rings. The summed E-state index contributed by atoms with van der Waals surface area (Å²) in [5, 5.41) is 3.60. The van der Waals surface area contributed by atoms with Gasteiger partial charge in [0, 0.05) is 16.8 Å². The Morgan fingerprint density at radius 3 is 2.22 bits per heavy atom. The van der Waals surface area contributed by atoms with Crippen molar-refractivity contribution in [1.82, 2.24) is 4.98 Å². The van der Waals surface area contributed by atoms with Gasteiger partial charge in [0.2, 0.25) is 0 Å². The first-order valence-corrected chi connectivity index (χ1v) is 8.24. The number of nitrogens with zero attached hydrogens (tertiary/aromatic N) is 1. The SMILES string of the molecule is CC(N)c1csc(C23CC4CC(CC(C4)C2)C3)n1. The molecule has 4 aliphatic carbocycles. The maximum absolute atomic E-state index is 5.96. The van der Waals surface area contributed by atoms with E-state index in [1.165, 1.54) is 43.5 Å². The third-order valence-corrected chi connectivity index (χ3v) is 6.59. The van der Waals surface area contributed by atoms with Gasteiger partial charge in [0.1, 0.15) is 0 Å². The van der Waals surface area contributed by atoms with E-state index in [1.807, 2.05) is 18.3 Å². The van der Waals surface area contributed by atoms with Gasteiger partial charge in [0.25, 0.3) is 0 Å². The minimum atomic E-state index is 0.0870. The van der Waals surface area contributed by atoms with Crippen LogP contribution in [0.15, 0.2) is 5.38 Å². The van der Waals surface area contributed by atoms with Crippen molar-refractivity contribution in [3.8, 4) is 0 Å². The van der Waals surface area contributed by atoms with Crippen LogP contribution >= 0.6 is 11.3 Å². The molecule has 3 heteroatoms. The summed E-state index contributed by atoms with van der Waals surface area (Å²) >= 11 is 1.88. The normalized spacial score (nSPS) is 43.3. The molecule has 18 heavy (non-hydrogen) atoms. The first-order chi connectivity index (χ1) is 8.64. The number of thiazole rings is 1. The molecule has 4 aliphatic rings. The number of aromatic nitrogens is 1. The number of hydrogen-bond acceptors (Lipinski definition) is 3. The molecule has 2 N–H and O–H groups in total. The van der Waals surface area contributed by atoms with Crippen LogP contribution in [0.5, 0.6) is 0 Å². The van der Waals surface area contributed by atoms with E-state index in [0.717, 1.165) is 23.4 Å². The molecule has 1 atom stereocenters. The summed E-state index contributed by atoms with van der Waals surface area (Å²) in [5.41, 5.74) is 7.52. The van der Waals surface area contributed by atoms with Crippen molar-refractivity contribution in [3.63, 3.8) is 0 Å². The lowest BCUT2D eigenvalue weighted by Gasteiger charge is -2.56. The molecule has 1 aromatic heterocycles. The van der Waals surface area contributed by atoms with Gasteiger partial charge in [0.15, 0.2) is 0 Å². The molecule has 4 bridgehead atoms. The fourth-order valence-electron chi connectivity index (χ4n) is 5.11. The Kier molecular flexibility index (Phi) is 2.41. The van der Waals surface area contributed by atoms with Crippen LogP contribution in [0.25, 0.3) is 0 Å². The number of hydrogen-bond donors (Lipinski definition) is 1. The maximum Gasteiger partial charge on any atom is 0.0991 e. The minimum absolute atomic E-state index is 0.0870. The Morgan fingerprint density at radius 1 is 1.22 bits per heavy atom. The van der Waals surface area contributed by atoms with Gasteiger partial charge in [-0.3, -0.25) is 0 Å². The predicted octanol–water partition coefficient (Wildman–Crippen LogP) is 3.63. The van der Waals surface area contributed by atoms with E-state index in [9.17, 15) is 0 Å². The Morgan fingerprint density at radius 2 is 1.78 bits per heavy atom. The van der Waals surface area contributed by atoms with Crippen LogP contribution in [0.2, 0.25) is 0 Å². The summed E-state index contributed by atoms with van der Waals surface area (Å²) in [6.45, 7) is 2.04. The molecular formula is C15H22N2S. The Balaban J connectivity index is 1.70. The zero-order valence-corrected chi connectivity index (χ0v) is 11.9. The fraction of sp³-hybridized carbons (Fsp3) is 0.800. The summed E-state index contributed by atoms with van der Waals surface area (Å²) in [5.74, 6) is 3.00. The standard InChI is InChI=1S/C15H22N2S/c1-9(16)13-8-18-14(17-13)15-5-10-2-11(6-15)4-12(3-10)7-15/h8-12H,2-7,16H2,1H3. The second-order valence-corrected chi connectivity index (χ2v) is 7.92. The highest BCUT2D eigenvalue weighted by molar-refractivity contribution is 7.09. The third-order valence-electron chi connectivity index (χ3n) is 5.48. The van der Waals surface area contributed by atoms with Gasteiger partial charge in [-0.15, -0.1) is 11.3 Å². The highest BCUT2D eigenvalue weighted by Gasteiger charge is 2.52. The second-order valence-electron chi connectivity index (χ2n) is 7.06. The quantitative estimate of drug-likeness (QED) is 0.884. The lowest BCUT2D eigenvalue weighted by molar-refractivity contribution is -0.00534. The molecule has 1 unspecified atom stereocenters. The van der Waals surface area contributed by atoms with Gasteiger partial charge in [-0.2, -0.15) is 0 Å². The van der Waals surface area contributed by atoms with Crippen molar-refractivity contribution in [1.29, 1.82) is 0 Å². The molecule has 5 rings (SSSR count). The van der Waals surface area contributed by atoms with Crippen molar-refractivity contribution in [2.45, 2.75) is 56.9 Å². The molecule has 0 aromatic carbocycles. The largest absolute Gasteiger partial charge is 0.323 e. The molecule has 1 heterocycles.